The molecule has 2 heterocycles. The normalized spacial score (nSPS) is 11.8. The highest BCUT2D eigenvalue weighted by atomic mass is 79.9. The number of amides is 3. The Labute approximate surface area is 247 Å². The summed E-state index contributed by atoms with van der Waals surface area (Å²) in [6, 6.07) is 11.7. The first-order chi connectivity index (χ1) is 19.9. The summed E-state index contributed by atoms with van der Waals surface area (Å²) in [7, 11) is 0. The lowest BCUT2D eigenvalue weighted by atomic mass is 10.0. The highest BCUT2D eigenvalue weighted by Gasteiger charge is 2.22. The second kappa shape index (κ2) is 12.8. The molecule has 1 atom stereocenters. The quantitative estimate of drug-likeness (QED) is 0.172. The summed E-state index contributed by atoms with van der Waals surface area (Å²) in [5, 5.41) is 20.9. The first kappa shape index (κ1) is 30.1. The van der Waals surface area contributed by atoms with E-state index >= 15 is 4.39 Å². The Bertz CT molecular complexity index is 1590. The minimum Gasteiger partial charge on any atom is -0.480 e. The smallest absolute Gasteiger partial charge is 0.412 e. The summed E-state index contributed by atoms with van der Waals surface area (Å²) in [6.45, 7) is 5.28. The molecule has 0 radical (unpaired) electrons. The van der Waals surface area contributed by atoms with Crippen LogP contribution in [0.5, 0.6) is 0 Å². The molecule has 0 saturated heterocycles. The van der Waals surface area contributed by atoms with Crippen LogP contribution in [0.3, 0.4) is 0 Å². The van der Waals surface area contributed by atoms with Gasteiger partial charge in [-0.3, -0.25) is 5.32 Å². The number of hydrogen-bond acceptors (Lipinski definition) is 8. The number of rotatable bonds is 8. The lowest BCUT2D eigenvalue weighted by Crippen LogP contribution is -2.44. The van der Waals surface area contributed by atoms with Crippen LogP contribution in [-0.4, -0.2) is 50.0 Å². The number of aromatic nitrogens is 3. The number of urea groups is 1. The maximum Gasteiger partial charge on any atom is 0.412 e. The Morgan fingerprint density at radius 1 is 1.05 bits per heavy atom. The number of carbonyl (C=O) groups is 3. The van der Waals surface area contributed by atoms with E-state index in [4.69, 9.17) is 9.26 Å². The standard InChI is InChI=1S/C28H26BrFN6O6/c1-28(2,3)41-27(40)33-17-7-5-16(6-8-17)24-35-23(36-42-24)19-10-4-15(12-20(19)30)13-21(25(37)38)34-26(39)32-18-9-11-22(29)31-14-18/h4-12,14,21H,13H2,1-3H3,(H,33,40)(H,37,38)(H2,32,34,39). The predicted molar refractivity (Wildman–Crippen MR) is 154 cm³/mol. The van der Waals surface area contributed by atoms with Crippen LogP contribution >= 0.6 is 15.9 Å². The molecular weight excluding hydrogens is 615 g/mol. The van der Waals surface area contributed by atoms with Gasteiger partial charge in [0.15, 0.2) is 0 Å². The van der Waals surface area contributed by atoms with Crippen molar-refractivity contribution in [3.8, 4) is 22.8 Å². The van der Waals surface area contributed by atoms with Gasteiger partial charge in [-0.15, -0.1) is 0 Å². The van der Waals surface area contributed by atoms with Crippen LogP contribution < -0.4 is 16.0 Å². The van der Waals surface area contributed by atoms with E-state index in [9.17, 15) is 19.5 Å². The number of halogens is 2. The van der Waals surface area contributed by atoms with Gasteiger partial charge in [-0.05, 0) is 90.8 Å². The predicted octanol–water partition coefficient (Wildman–Crippen LogP) is 5.86. The molecule has 0 bridgehead atoms. The van der Waals surface area contributed by atoms with Gasteiger partial charge in [0, 0.05) is 17.7 Å². The molecule has 0 spiro atoms. The van der Waals surface area contributed by atoms with Crippen molar-refractivity contribution in [3.05, 3.63) is 76.8 Å². The number of carbonyl (C=O) groups excluding carboxylic acids is 2. The summed E-state index contributed by atoms with van der Waals surface area (Å²) >= 11 is 3.19. The molecule has 1 unspecified atom stereocenters. The number of benzene rings is 2. The molecule has 2 aromatic heterocycles. The van der Waals surface area contributed by atoms with Crippen molar-refractivity contribution in [2.45, 2.75) is 38.8 Å². The first-order valence-electron chi connectivity index (χ1n) is 12.5. The van der Waals surface area contributed by atoms with Crippen LogP contribution in [0.2, 0.25) is 0 Å². The minimum atomic E-state index is -1.33. The molecule has 4 aromatic rings. The first-order valence-corrected chi connectivity index (χ1v) is 13.3. The molecule has 0 aliphatic heterocycles. The van der Waals surface area contributed by atoms with Crippen molar-refractivity contribution in [1.29, 1.82) is 0 Å². The van der Waals surface area contributed by atoms with E-state index < -0.39 is 35.6 Å². The van der Waals surface area contributed by atoms with Gasteiger partial charge in [-0.25, -0.2) is 23.8 Å². The second-order valence-electron chi connectivity index (χ2n) is 10.0. The van der Waals surface area contributed by atoms with Gasteiger partial charge in [0.25, 0.3) is 5.89 Å². The molecular formula is C28H26BrFN6O6. The third-order valence-electron chi connectivity index (χ3n) is 5.51. The molecule has 3 amide bonds. The molecule has 4 N–H and O–H groups in total. The van der Waals surface area contributed by atoms with Crippen molar-refractivity contribution in [2.24, 2.45) is 0 Å². The zero-order valence-electron chi connectivity index (χ0n) is 22.6. The lowest BCUT2D eigenvalue weighted by molar-refractivity contribution is -0.139. The molecule has 12 nitrogen and oxygen atoms in total. The van der Waals surface area contributed by atoms with Gasteiger partial charge in [0.1, 0.15) is 22.1 Å². The number of hydrogen-bond donors (Lipinski definition) is 4. The summed E-state index contributed by atoms with van der Waals surface area (Å²) < 4.78 is 26.1. The average Bonchev–Trinajstić information content (AvgIpc) is 3.39. The zero-order chi connectivity index (χ0) is 30.4. The number of nitrogens with zero attached hydrogens (tertiary/aromatic N) is 3. The number of carboxylic acids is 1. The molecule has 0 aliphatic rings. The maximum atomic E-state index is 15.0. The molecule has 4 rings (SSSR count). The average molecular weight is 641 g/mol. The van der Waals surface area contributed by atoms with E-state index in [0.29, 0.717) is 27.1 Å². The third-order valence-corrected chi connectivity index (χ3v) is 5.98. The second-order valence-corrected chi connectivity index (χ2v) is 10.8. The Balaban J connectivity index is 1.40. The van der Waals surface area contributed by atoms with Crippen LogP contribution in [0.1, 0.15) is 26.3 Å². The van der Waals surface area contributed by atoms with Crippen molar-refractivity contribution in [1.82, 2.24) is 20.4 Å². The molecule has 2 aromatic carbocycles. The van der Waals surface area contributed by atoms with Crippen LogP contribution in [-0.2, 0) is 16.0 Å². The van der Waals surface area contributed by atoms with Gasteiger partial charge in [0.05, 0.1) is 17.4 Å². The minimum absolute atomic E-state index is 0.0135. The van der Waals surface area contributed by atoms with Crippen molar-refractivity contribution >= 4 is 45.4 Å². The summed E-state index contributed by atoms with van der Waals surface area (Å²) in [6.07, 6.45) is 0.622. The Morgan fingerprint density at radius 3 is 2.38 bits per heavy atom. The van der Waals surface area contributed by atoms with Gasteiger partial charge in [0.2, 0.25) is 5.82 Å². The van der Waals surface area contributed by atoms with Crippen molar-refractivity contribution in [3.63, 3.8) is 0 Å². The SMILES string of the molecule is CC(C)(C)OC(=O)Nc1ccc(-c2nc(-c3ccc(CC(NC(=O)Nc4ccc(Br)nc4)C(=O)O)cc3F)no2)cc1. The van der Waals surface area contributed by atoms with Crippen LogP contribution in [0.15, 0.2) is 69.9 Å². The summed E-state index contributed by atoms with van der Waals surface area (Å²) in [4.78, 5) is 44.2. The summed E-state index contributed by atoms with van der Waals surface area (Å²) in [5.74, 6) is -1.88. The van der Waals surface area contributed by atoms with Crippen LogP contribution in [0.4, 0.5) is 25.4 Å². The maximum absolute atomic E-state index is 15.0. The third kappa shape index (κ3) is 8.33. The van der Waals surface area contributed by atoms with Gasteiger partial charge >= 0.3 is 18.1 Å². The van der Waals surface area contributed by atoms with E-state index in [2.05, 4.69) is 47.0 Å². The van der Waals surface area contributed by atoms with E-state index in [1.54, 1.807) is 57.2 Å². The number of anilines is 2. The topological polar surface area (TPSA) is 169 Å². The van der Waals surface area contributed by atoms with E-state index in [1.165, 1.54) is 18.3 Å². The number of nitrogens with one attached hydrogen (secondary N) is 3. The Kier molecular flexibility index (Phi) is 9.15. The largest absolute Gasteiger partial charge is 0.480 e. The number of carboxylic acid groups (broad SMARTS) is 1. The monoisotopic (exact) mass is 640 g/mol. The lowest BCUT2D eigenvalue weighted by Gasteiger charge is -2.19. The number of ether oxygens (including phenoxy) is 1. The van der Waals surface area contributed by atoms with E-state index in [-0.39, 0.29) is 23.7 Å². The van der Waals surface area contributed by atoms with E-state index in [1.807, 2.05) is 0 Å². The molecule has 0 fully saturated rings. The fourth-order valence-corrected chi connectivity index (χ4v) is 3.88. The van der Waals surface area contributed by atoms with Crippen LogP contribution in [0.25, 0.3) is 22.8 Å². The number of pyridine rings is 1. The fraction of sp³-hybridized carbons (Fsp3) is 0.214. The number of aliphatic carboxylic acids is 1. The Morgan fingerprint density at radius 2 is 1.76 bits per heavy atom. The molecule has 14 heteroatoms. The Hall–Kier alpha value is -4.85. The van der Waals surface area contributed by atoms with Gasteiger partial charge in [-0.2, -0.15) is 4.98 Å². The van der Waals surface area contributed by atoms with Crippen molar-refractivity contribution < 1.29 is 33.1 Å². The molecule has 0 saturated carbocycles. The van der Waals surface area contributed by atoms with Crippen LogP contribution in [0, 0.1) is 5.82 Å². The summed E-state index contributed by atoms with van der Waals surface area (Å²) in [5.41, 5.74) is 1.12. The molecule has 42 heavy (non-hydrogen) atoms. The van der Waals surface area contributed by atoms with E-state index in [0.717, 1.165) is 6.07 Å². The highest BCUT2D eigenvalue weighted by Crippen LogP contribution is 2.26. The molecule has 218 valence electrons. The zero-order valence-corrected chi connectivity index (χ0v) is 24.2. The fourth-order valence-electron chi connectivity index (χ4n) is 3.65. The van der Waals surface area contributed by atoms with Gasteiger partial charge in [-0.1, -0.05) is 11.2 Å². The molecule has 0 aliphatic carbocycles. The van der Waals surface area contributed by atoms with Crippen molar-refractivity contribution in [2.75, 3.05) is 10.6 Å². The highest BCUT2D eigenvalue weighted by molar-refractivity contribution is 9.10. The van der Waals surface area contributed by atoms with Gasteiger partial charge < -0.3 is 25.0 Å².